The Kier molecular flexibility index (Phi) is 6.89. The molecule has 0 aromatic carbocycles. The number of carboxylic acid groups (broad SMARTS) is 2. The average Bonchev–Trinajstić information content (AvgIpc) is 3.09. The van der Waals surface area contributed by atoms with Crippen molar-refractivity contribution in [2.75, 3.05) is 6.61 Å². The Morgan fingerprint density at radius 1 is 1.24 bits per heavy atom. The minimum atomic E-state index is -0.902. The molecule has 0 aliphatic carbocycles. The molecule has 1 aliphatic heterocycles. The molecule has 0 bridgehead atoms. The number of ether oxygens (including phenoxy) is 1. The van der Waals surface area contributed by atoms with Gasteiger partial charge in [0.05, 0.1) is 12.7 Å². The molecule has 0 amide bonds. The van der Waals surface area contributed by atoms with Crippen molar-refractivity contribution in [1.29, 1.82) is 0 Å². The van der Waals surface area contributed by atoms with Crippen molar-refractivity contribution < 1.29 is 24.5 Å². The molecule has 0 aromatic rings. The van der Waals surface area contributed by atoms with E-state index in [1.807, 2.05) is 0 Å². The molecule has 1 rings (SSSR count). The molecule has 2 N–H and O–H groups in total. The highest BCUT2D eigenvalue weighted by Gasteiger charge is 2.22. The number of aliphatic carboxylic acids is 2. The first-order valence-corrected chi connectivity index (χ1v) is 5.32. The van der Waals surface area contributed by atoms with E-state index in [9.17, 15) is 9.59 Å². The maximum atomic E-state index is 10.2. The van der Waals surface area contributed by atoms with E-state index in [1.165, 1.54) is 0 Å². The molecular formula is C12H18O5. The van der Waals surface area contributed by atoms with Crippen LogP contribution in [0.5, 0.6) is 0 Å². The summed E-state index contributed by atoms with van der Waals surface area (Å²) in [5.41, 5.74) is 0.538. The van der Waals surface area contributed by atoms with Crippen LogP contribution in [0, 0.1) is 0 Å². The van der Waals surface area contributed by atoms with Crippen LogP contribution in [0.3, 0.4) is 0 Å². The zero-order valence-corrected chi connectivity index (χ0v) is 9.94. The van der Waals surface area contributed by atoms with Crippen molar-refractivity contribution in [3.63, 3.8) is 0 Å². The summed E-state index contributed by atoms with van der Waals surface area (Å²) in [7, 11) is 0. The van der Waals surface area contributed by atoms with Crippen LogP contribution < -0.4 is 0 Å². The quantitative estimate of drug-likeness (QED) is 0.548. The maximum Gasteiger partial charge on any atom is 0.330 e. The Morgan fingerprint density at radius 3 is 1.94 bits per heavy atom. The average molecular weight is 242 g/mol. The van der Waals surface area contributed by atoms with E-state index in [0.717, 1.165) is 13.0 Å². The van der Waals surface area contributed by atoms with Gasteiger partial charge in [-0.15, -0.1) is 0 Å². The van der Waals surface area contributed by atoms with E-state index in [-0.39, 0.29) is 11.1 Å². The van der Waals surface area contributed by atoms with Crippen LogP contribution in [0.15, 0.2) is 24.3 Å². The van der Waals surface area contributed by atoms with Crippen LogP contribution in [0.25, 0.3) is 0 Å². The van der Waals surface area contributed by atoms with Gasteiger partial charge in [0.1, 0.15) is 0 Å². The number of carbonyl (C=O) groups is 2. The summed E-state index contributed by atoms with van der Waals surface area (Å²) in [4.78, 5) is 20.0. The molecule has 17 heavy (non-hydrogen) atoms. The van der Waals surface area contributed by atoms with Gasteiger partial charge < -0.3 is 14.9 Å². The summed E-state index contributed by atoms with van der Waals surface area (Å²) >= 11 is 0. The first kappa shape index (κ1) is 15.4. The molecule has 1 fully saturated rings. The molecular weight excluding hydrogens is 224 g/mol. The van der Waals surface area contributed by atoms with Gasteiger partial charge in [-0.2, -0.15) is 0 Å². The van der Waals surface area contributed by atoms with Crippen molar-refractivity contribution in [3.05, 3.63) is 24.3 Å². The van der Waals surface area contributed by atoms with Gasteiger partial charge in [-0.05, 0) is 19.3 Å². The summed E-state index contributed by atoms with van der Waals surface area (Å²) < 4.78 is 4.90. The Balaban J connectivity index is 0.000000325. The molecule has 5 nitrogen and oxygen atoms in total. The van der Waals surface area contributed by atoms with E-state index < -0.39 is 11.9 Å². The fourth-order valence-electron chi connectivity index (χ4n) is 0.828. The predicted molar refractivity (Wildman–Crippen MR) is 62.8 cm³/mol. The fourth-order valence-corrected chi connectivity index (χ4v) is 0.828. The molecule has 5 heteroatoms. The highest BCUT2D eigenvalue weighted by Crippen LogP contribution is 2.17. The summed E-state index contributed by atoms with van der Waals surface area (Å²) in [6, 6.07) is 0. The molecule has 96 valence electrons. The number of hydrogen-bond acceptors (Lipinski definition) is 3. The second-order valence-electron chi connectivity index (χ2n) is 3.66. The van der Waals surface area contributed by atoms with E-state index in [1.54, 1.807) is 6.92 Å². The van der Waals surface area contributed by atoms with Crippen LogP contribution >= 0.6 is 0 Å². The third kappa shape index (κ3) is 8.21. The molecule has 1 aliphatic rings. The summed E-state index contributed by atoms with van der Waals surface area (Å²) in [6.07, 6.45) is 2.16. The highest BCUT2D eigenvalue weighted by molar-refractivity contribution is 5.85. The van der Waals surface area contributed by atoms with Gasteiger partial charge in [0, 0.05) is 11.1 Å². The second kappa shape index (κ2) is 7.62. The second-order valence-corrected chi connectivity index (χ2v) is 3.66. The van der Waals surface area contributed by atoms with Crippen molar-refractivity contribution in [1.82, 2.24) is 0 Å². The zero-order valence-electron chi connectivity index (χ0n) is 9.94. The Bertz CT molecular complexity index is 315. The number of rotatable bonds is 6. The van der Waals surface area contributed by atoms with Crippen LogP contribution in [0.2, 0.25) is 0 Å². The molecule has 0 aromatic heterocycles. The topological polar surface area (TPSA) is 87.1 Å². The SMILES string of the molecule is C=C(CC)C(=O)O.C=C(CCC1CO1)C(=O)O. The smallest absolute Gasteiger partial charge is 0.330 e. The Hall–Kier alpha value is -1.62. The molecule has 1 unspecified atom stereocenters. The Labute approximate surface area is 100 Å². The van der Waals surface area contributed by atoms with Crippen LogP contribution in [0.1, 0.15) is 26.2 Å². The number of epoxide rings is 1. The van der Waals surface area contributed by atoms with Gasteiger partial charge in [0.15, 0.2) is 0 Å². The van der Waals surface area contributed by atoms with E-state index in [0.29, 0.717) is 18.9 Å². The third-order valence-corrected chi connectivity index (χ3v) is 2.20. The molecule has 1 atom stereocenters. The monoisotopic (exact) mass is 242 g/mol. The maximum absolute atomic E-state index is 10.2. The van der Waals surface area contributed by atoms with Crippen molar-refractivity contribution >= 4 is 11.9 Å². The van der Waals surface area contributed by atoms with Crippen LogP contribution in [0.4, 0.5) is 0 Å². The highest BCUT2D eigenvalue weighted by atomic mass is 16.6. The first-order valence-electron chi connectivity index (χ1n) is 5.32. The van der Waals surface area contributed by atoms with Crippen molar-refractivity contribution in [2.24, 2.45) is 0 Å². The summed E-state index contributed by atoms with van der Waals surface area (Å²) in [6.45, 7) is 9.22. The van der Waals surface area contributed by atoms with Gasteiger partial charge in [-0.25, -0.2) is 9.59 Å². The van der Waals surface area contributed by atoms with Gasteiger partial charge in [0.2, 0.25) is 0 Å². The van der Waals surface area contributed by atoms with E-state index >= 15 is 0 Å². The number of hydrogen-bond donors (Lipinski definition) is 2. The fraction of sp³-hybridized carbons (Fsp3) is 0.500. The lowest BCUT2D eigenvalue weighted by Crippen LogP contribution is -1.99. The van der Waals surface area contributed by atoms with Crippen LogP contribution in [-0.2, 0) is 14.3 Å². The lowest BCUT2D eigenvalue weighted by Gasteiger charge is -1.95. The third-order valence-electron chi connectivity index (χ3n) is 2.20. The summed E-state index contributed by atoms with van der Waals surface area (Å²) in [5.74, 6) is -1.80. The van der Waals surface area contributed by atoms with Gasteiger partial charge >= 0.3 is 11.9 Å². The van der Waals surface area contributed by atoms with Gasteiger partial charge in [0.25, 0.3) is 0 Å². The number of carboxylic acids is 2. The van der Waals surface area contributed by atoms with Crippen molar-refractivity contribution in [2.45, 2.75) is 32.3 Å². The largest absolute Gasteiger partial charge is 0.478 e. The predicted octanol–water partition coefficient (Wildman–Crippen LogP) is 1.84. The van der Waals surface area contributed by atoms with Crippen molar-refractivity contribution in [3.8, 4) is 0 Å². The van der Waals surface area contributed by atoms with E-state index in [2.05, 4.69) is 13.2 Å². The van der Waals surface area contributed by atoms with Gasteiger partial charge in [-0.3, -0.25) is 0 Å². The molecule has 0 spiro atoms. The minimum absolute atomic E-state index is 0.264. The minimum Gasteiger partial charge on any atom is -0.478 e. The Morgan fingerprint density at radius 2 is 1.71 bits per heavy atom. The standard InChI is InChI=1S/C7H10O3.C5H8O2/c1-5(7(8)9)2-3-6-4-10-6;1-3-4(2)5(6)7/h6H,1-4H2,(H,8,9);2-3H2,1H3,(H,6,7). The van der Waals surface area contributed by atoms with E-state index in [4.69, 9.17) is 14.9 Å². The molecule has 1 heterocycles. The molecule has 1 saturated heterocycles. The summed E-state index contributed by atoms with van der Waals surface area (Å²) in [5, 5.41) is 16.5. The lowest BCUT2D eigenvalue weighted by molar-refractivity contribution is -0.133. The normalized spacial score (nSPS) is 16.4. The molecule has 0 saturated carbocycles. The van der Waals surface area contributed by atoms with Gasteiger partial charge in [-0.1, -0.05) is 20.1 Å². The zero-order chi connectivity index (χ0) is 13.4. The molecule has 0 radical (unpaired) electrons. The first-order chi connectivity index (χ1) is 7.88. The van der Waals surface area contributed by atoms with Crippen LogP contribution in [-0.4, -0.2) is 34.9 Å². The lowest BCUT2D eigenvalue weighted by atomic mass is 10.1.